The van der Waals surface area contributed by atoms with Crippen molar-refractivity contribution >= 4 is 11.8 Å². The van der Waals surface area contributed by atoms with Gasteiger partial charge >= 0.3 is 0 Å². The zero-order valence-electron chi connectivity index (χ0n) is 8.29. The molecule has 1 aliphatic rings. The molecule has 14 heavy (non-hydrogen) atoms. The Morgan fingerprint density at radius 3 is 3.00 bits per heavy atom. The van der Waals surface area contributed by atoms with Crippen LogP contribution in [-0.2, 0) is 13.0 Å². The molecule has 1 aromatic carbocycles. The highest BCUT2D eigenvalue weighted by molar-refractivity contribution is 6.13. The number of aryl methyl sites for hydroxylation is 1. The summed E-state index contributed by atoms with van der Waals surface area (Å²) in [5, 5.41) is 0. The maximum atomic E-state index is 6.02. The van der Waals surface area contributed by atoms with Crippen molar-refractivity contribution in [3.63, 3.8) is 0 Å². The zero-order chi connectivity index (χ0) is 9.97. The predicted octanol–water partition coefficient (Wildman–Crippen LogP) is 2.60. The summed E-state index contributed by atoms with van der Waals surface area (Å²) in [5.41, 5.74) is 2.69. The van der Waals surface area contributed by atoms with E-state index >= 15 is 0 Å². The summed E-state index contributed by atoms with van der Waals surface area (Å²) in [7, 11) is 1.70. The second kappa shape index (κ2) is 4.20. The van der Waals surface area contributed by atoms with Crippen LogP contribution < -0.4 is 4.74 Å². The van der Waals surface area contributed by atoms with E-state index in [2.05, 4.69) is 12.1 Å². The maximum Gasteiger partial charge on any atom is 0.119 e. The van der Waals surface area contributed by atoms with Crippen molar-refractivity contribution in [3.8, 4) is 5.75 Å². The number of rotatable bonds is 1. The molecule has 1 aromatic rings. The molecular weight excluding hydrogens is 198 g/mol. The fourth-order valence-corrected chi connectivity index (χ4v) is 2.07. The van der Waals surface area contributed by atoms with Crippen LogP contribution in [0.1, 0.15) is 17.5 Å². The number of methoxy groups -OCH3 is 1. The van der Waals surface area contributed by atoms with Crippen LogP contribution in [0.4, 0.5) is 0 Å². The Morgan fingerprint density at radius 2 is 2.21 bits per heavy atom. The van der Waals surface area contributed by atoms with Gasteiger partial charge < -0.3 is 4.74 Å². The van der Waals surface area contributed by atoms with Gasteiger partial charge in [-0.3, -0.25) is 0 Å². The van der Waals surface area contributed by atoms with Crippen molar-refractivity contribution in [1.29, 1.82) is 0 Å². The molecule has 0 atom stereocenters. The molecule has 1 heterocycles. The number of nitrogens with zero attached hydrogens (tertiary/aromatic N) is 1. The largest absolute Gasteiger partial charge is 0.497 e. The van der Waals surface area contributed by atoms with Crippen molar-refractivity contribution < 1.29 is 4.74 Å². The highest BCUT2D eigenvalue weighted by Gasteiger charge is 2.12. The van der Waals surface area contributed by atoms with Gasteiger partial charge in [-0.1, -0.05) is 6.07 Å². The lowest BCUT2D eigenvalue weighted by Gasteiger charge is -2.10. The van der Waals surface area contributed by atoms with Crippen LogP contribution in [0.5, 0.6) is 5.75 Å². The molecule has 3 heteroatoms. The van der Waals surface area contributed by atoms with Crippen LogP contribution in [0, 0.1) is 0 Å². The average molecular weight is 212 g/mol. The van der Waals surface area contributed by atoms with Gasteiger partial charge in [-0.2, -0.15) is 0 Å². The molecule has 0 unspecified atom stereocenters. The molecule has 0 aromatic heterocycles. The van der Waals surface area contributed by atoms with Crippen molar-refractivity contribution in [2.75, 3.05) is 13.7 Å². The molecule has 2 rings (SSSR count). The molecule has 0 amide bonds. The Balaban J connectivity index is 2.31. The molecular formula is C11H14ClNO. The smallest absolute Gasteiger partial charge is 0.119 e. The maximum absolute atomic E-state index is 6.02. The average Bonchev–Trinajstić information content (AvgIpc) is 2.37. The van der Waals surface area contributed by atoms with Crippen LogP contribution in [-0.4, -0.2) is 18.1 Å². The summed E-state index contributed by atoms with van der Waals surface area (Å²) in [6.45, 7) is 1.79. The summed E-state index contributed by atoms with van der Waals surface area (Å²) in [4.78, 5) is 0. The minimum atomic E-state index is 0.834. The molecule has 76 valence electrons. The normalized spacial score (nSPS) is 17.3. The first-order valence-corrected chi connectivity index (χ1v) is 5.20. The Bertz CT molecular complexity index is 327. The van der Waals surface area contributed by atoms with Crippen molar-refractivity contribution in [3.05, 3.63) is 29.3 Å². The molecule has 0 saturated carbocycles. The van der Waals surface area contributed by atoms with Crippen molar-refractivity contribution in [2.24, 2.45) is 0 Å². The van der Waals surface area contributed by atoms with Gasteiger partial charge in [-0.15, -0.1) is 0 Å². The number of ether oxygens (including phenoxy) is 1. The van der Waals surface area contributed by atoms with Gasteiger partial charge in [-0.25, -0.2) is 4.42 Å². The molecule has 0 fully saturated rings. The van der Waals surface area contributed by atoms with Crippen LogP contribution >= 0.6 is 11.8 Å². The van der Waals surface area contributed by atoms with E-state index in [1.54, 1.807) is 7.11 Å². The van der Waals surface area contributed by atoms with Gasteiger partial charge in [0.05, 0.1) is 7.11 Å². The van der Waals surface area contributed by atoms with E-state index < -0.39 is 0 Å². The zero-order valence-corrected chi connectivity index (χ0v) is 9.05. The van der Waals surface area contributed by atoms with Gasteiger partial charge in [0.2, 0.25) is 0 Å². The van der Waals surface area contributed by atoms with Crippen molar-refractivity contribution in [1.82, 2.24) is 4.42 Å². The van der Waals surface area contributed by atoms with Crippen LogP contribution in [0.25, 0.3) is 0 Å². The van der Waals surface area contributed by atoms with Crippen LogP contribution in [0.3, 0.4) is 0 Å². The number of hydrogen-bond donors (Lipinski definition) is 0. The molecule has 1 aliphatic heterocycles. The van der Waals surface area contributed by atoms with Gasteiger partial charge in [0.15, 0.2) is 0 Å². The Morgan fingerprint density at radius 1 is 1.36 bits per heavy atom. The quantitative estimate of drug-likeness (QED) is 0.663. The number of benzene rings is 1. The van der Waals surface area contributed by atoms with E-state index in [9.17, 15) is 0 Å². The van der Waals surface area contributed by atoms with Gasteiger partial charge in [0, 0.05) is 13.1 Å². The van der Waals surface area contributed by atoms with Crippen molar-refractivity contribution in [2.45, 2.75) is 19.4 Å². The monoisotopic (exact) mass is 211 g/mol. The predicted molar refractivity (Wildman–Crippen MR) is 57.6 cm³/mol. The van der Waals surface area contributed by atoms with E-state index in [1.165, 1.54) is 11.1 Å². The Kier molecular flexibility index (Phi) is 2.94. The van der Waals surface area contributed by atoms with Gasteiger partial charge in [0.25, 0.3) is 0 Å². The first-order valence-electron chi connectivity index (χ1n) is 4.86. The number of hydrogen-bond acceptors (Lipinski definition) is 2. The molecule has 0 spiro atoms. The first kappa shape index (κ1) is 9.81. The third kappa shape index (κ3) is 2.02. The summed E-state index contributed by atoms with van der Waals surface area (Å²) in [6.07, 6.45) is 2.21. The van der Waals surface area contributed by atoms with Gasteiger partial charge in [0.1, 0.15) is 5.75 Å². The third-order valence-corrected chi connectivity index (χ3v) is 2.89. The summed E-state index contributed by atoms with van der Waals surface area (Å²) < 4.78 is 7.05. The molecule has 0 bridgehead atoms. The second-order valence-electron chi connectivity index (χ2n) is 3.58. The highest BCUT2D eigenvalue weighted by Crippen LogP contribution is 2.23. The summed E-state index contributed by atoms with van der Waals surface area (Å²) >= 11 is 6.02. The molecule has 0 N–H and O–H groups in total. The van der Waals surface area contributed by atoms with E-state index in [0.717, 1.165) is 31.7 Å². The van der Waals surface area contributed by atoms with Gasteiger partial charge in [-0.05, 0) is 47.9 Å². The minimum absolute atomic E-state index is 0.834. The van der Waals surface area contributed by atoms with Crippen LogP contribution in [0.2, 0.25) is 0 Å². The Hall–Kier alpha value is -0.730. The lowest BCUT2D eigenvalue weighted by Crippen LogP contribution is -2.10. The van der Waals surface area contributed by atoms with E-state index in [0.29, 0.717) is 0 Å². The van der Waals surface area contributed by atoms with Crippen LogP contribution in [0.15, 0.2) is 18.2 Å². The second-order valence-corrected chi connectivity index (χ2v) is 4.06. The SMILES string of the molecule is COc1ccc2c(c1)CCCN(Cl)C2. The van der Waals surface area contributed by atoms with E-state index in [4.69, 9.17) is 16.5 Å². The lowest BCUT2D eigenvalue weighted by atomic mass is 10.0. The molecule has 2 nitrogen and oxygen atoms in total. The summed E-state index contributed by atoms with van der Waals surface area (Å²) in [6, 6.07) is 6.22. The Labute approximate surface area is 89.5 Å². The summed E-state index contributed by atoms with van der Waals surface area (Å²) in [5.74, 6) is 0.937. The standard InChI is InChI=1S/C11H14ClNO/c1-14-11-5-4-10-8-13(12)6-2-3-9(10)7-11/h4-5,7H,2-3,6,8H2,1H3. The van der Waals surface area contributed by atoms with E-state index in [1.807, 2.05) is 10.5 Å². The van der Waals surface area contributed by atoms with E-state index in [-0.39, 0.29) is 0 Å². The first-order chi connectivity index (χ1) is 6.79. The third-order valence-electron chi connectivity index (χ3n) is 2.60. The topological polar surface area (TPSA) is 12.5 Å². The molecule has 0 aliphatic carbocycles. The fraction of sp³-hybridized carbons (Fsp3) is 0.455. The lowest BCUT2D eigenvalue weighted by molar-refractivity contribution is 0.414. The minimum Gasteiger partial charge on any atom is -0.497 e. The molecule has 0 radical (unpaired) electrons. The fourth-order valence-electron chi connectivity index (χ4n) is 1.82. The molecule has 0 saturated heterocycles. The number of fused-ring (bicyclic) bond motifs is 1. The highest BCUT2D eigenvalue weighted by atomic mass is 35.5. The number of halogens is 1.